The first kappa shape index (κ1) is 23.0. The standard InChI is InChI=1S/C28H31FN2O2/c1-30-16-7-8-17-31(20-23-12-9-13-24(29)18-23)25(19-22-10-3-2-4-11-22)21-33-27-15-6-5-14-26(27)28(30)32/h2-6,9-15,18,25H,7-8,16-17,19-21H2,1H3/t25-/m0/s1. The van der Waals surface area contributed by atoms with E-state index in [9.17, 15) is 9.18 Å². The smallest absolute Gasteiger partial charge is 0.257 e. The predicted molar refractivity (Wildman–Crippen MR) is 129 cm³/mol. The third kappa shape index (κ3) is 6.20. The van der Waals surface area contributed by atoms with E-state index in [0.717, 1.165) is 31.4 Å². The van der Waals surface area contributed by atoms with Crippen molar-refractivity contribution in [2.24, 2.45) is 0 Å². The summed E-state index contributed by atoms with van der Waals surface area (Å²) >= 11 is 0. The molecule has 0 N–H and O–H groups in total. The molecule has 4 rings (SSSR count). The van der Waals surface area contributed by atoms with Crippen molar-refractivity contribution >= 4 is 5.91 Å². The largest absolute Gasteiger partial charge is 0.491 e. The van der Waals surface area contributed by atoms with E-state index in [2.05, 4.69) is 17.0 Å². The Morgan fingerprint density at radius 2 is 1.64 bits per heavy atom. The second kappa shape index (κ2) is 11.1. The zero-order valence-electron chi connectivity index (χ0n) is 19.1. The molecule has 1 aliphatic rings. The summed E-state index contributed by atoms with van der Waals surface area (Å²) in [5.41, 5.74) is 2.77. The van der Waals surface area contributed by atoms with Gasteiger partial charge in [-0.2, -0.15) is 0 Å². The van der Waals surface area contributed by atoms with Crippen LogP contribution in [0.25, 0.3) is 0 Å². The van der Waals surface area contributed by atoms with Gasteiger partial charge in [-0.15, -0.1) is 0 Å². The van der Waals surface area contributed by atoms with Gasteiger partial charge in [0, 0.05) is 26.2 Å². The molecule has 1 heterocycles. The Bertz CT molecular complexity index is 1060. The van der Waals surface area contributed by atoms with Crippen molar-refractivity contribution in [2.45, 2.75) is 31.8 Å². The monoisotopic (exact) mass is 446 g/mol. The highest BCUT2D eigenvalue weighted by Crippen LogP contribution is 2.23. The van der Waals surface area contributed by atoms with Crippen LogP contribution in [0.2, 0.25) is 0 Å². The van der Waals surface area contributed by atoms with E-state index in [1.165, 1.54) is 11.6 Å². The fraction of sp³-hybridized carbons (Fsp3) is 0.321. The van der Waals surface area contributed by atoms with Crippen molar-refractivity contribution in [1.29, 1.82) is 0 Å². The number of nitrogens with zero attached hydrogens (tertiary/aromatic N) is 2. The molecule has 5 heteroatoms. The van der Waals surface area contributed by atoms with Crippen LogP contribution in [0.5, 0.6) is 5.75 Å². The van der Waals surface area contributed by atoms with Gasteiger partial charge in [-0.05, 0) is 61.2 Å². The Labute approximate surface area is 195 Å². The molecule has 0 aromatic heterocycles. The number of halogens is 1. The molecule has 1 amide bonds. The molecule has 33 heavy (non-hydrogen) atoms. The number of benzene rings is 3. The van der Waals surface area contributed by atoms with Gasteiger partial charge in [0.2, 0.25) is 0 Å². The molecule has 1 atom stereocenters. The van der Waals surface area contributed by atoms with Crippen molar-refractivity contribution in [2.75, 3.05) is 26.7 Å². The Morgan fingerprint density at radius 1 is 0.909 bits per heavy atom. The summed E-state index contributed by atoms with van der Waals surface area (Å²) in [4.78, 5) is 17.1. The zero-order valence-corrected chi connectivity index (χ0v) is 19.1. The number of para-hydroxylation sites is 1. The molecule has 4 nitrogen and oxygen atoms in total. The van der Waals surface area contributed by atoms with Crippen molar-refractivity contribution in [3.63, 3.8) is 0 Å². The third-order valence-electron chi connectivity index (χ3n) is 6.19. The quantitative estimate of drug-likeness (QED) is 0.553. The molecule has 0 spiro atoms. The van der Waals surface area contributed by atoms with Crippen LogP contribution in [0.3, 0.4) is 0 Å². The number of amides is 1. The number of ether oxygens (including phenoxy) is 1. The van der Waals surface area contributed by atoms with Crippen LogP contribution in [-0.4, -0.2) is 48.5 Å². The number of hydrogen-bond acceptors (Lipinski definition) is 3. The molecule has 0 saturated heterocycles. The minimum atomic E-state index is -0.216. The van der Waals surface area contributed by atoms with Crippen LogP contribution in [-0.2, 0) is 13.0 Å². The normalized spacial score (nSPS) is 18.1. The highest BCUT2D eigenvalue weighted by Gasteiger charge is 2.23. The highest BCUT2D eigenvalue weighted by molar-refractivity contribution is 5.96. The van der Waals surface area contributed by atoms with E-state index < -0.39 is 0 Å². The molecule has 172 valence electrons. The van der Waals surface area contributed by atoms with E-state index in [4.69, 9.17) is 4.74 Å². The molecule has 0 bridgehead atoms. The molecular weight excluding hydrogens is 415 g/mol. The summed E-state index contributed by atoms with van der Waals surface area (Å²) in [6, 6.07) is 24.7. The van der Waals surface area contributed by atoms with Crippen molar-refractivity contribution in [3.8, 4) is 5.75 Å². The molecular formula is C28H31FN2O2. The molecule has 0 fully saturated rings. The lowest BCUT2D eigenvalue weighted by molar-refractivity contribution is 0.0768. The van der Waals surface area contributed by atoms with Crippen LogP contribution in [0, 0.1) is 5.82 Å². The van der Waals surface area contributed by atoms with Gasteiger partial charge in [-0.3, -0.25) is 9.69 Å². The number of carbonyl (C=O) groups is 1. The van der Waals surface area contributed by atoms with E-state index in [1.807, 2.05) is 55.6 Å². The first-order chi connectivity index (χ1) is 16.1. The summed E-state index contributed by atoms with van der Waals surface area (Å²) < 4.78 is 20.2. The third-order valence-corrected chi connectivity index (χ3v) is 6.19. The Hall–Kier alpha value is -3.18. The summed E-state index contributed by atoms with van der Waals surface area (Å²) in [7, 11) is 1.84. The Morgan fingerprint density at radius 3 is 2.45 bits per heavy atom. The first-order valence-electron chi connectivity index (χ1n) is 11.6. The average Bonchev–Trinajstić information content (AvgIpc) is 2.83. The minimum Gasteiger partial charge on any atom is -0.491 e. The van der Waals surface area contributed by atoms with E-state index in [1.54, 1.807) is 17.0 Å². The predicted octanol–water partition coefficient (Wildman–Crippen LogP) is 5.18. The van der Waals surface area contributed by atoms with Gasteiger partial charge < -0.3 is 9.64 Å². The van der Waals surface area contributed by atoms with E-state index >= 15 is 0 Å². The van der Waals surface area contributed by atoms with Crippen molar-refractivity contribution in [1.82, 2.24) is 9.80 Å². The van der Waals surface area contributed by atoms with Gasteiger partial charge in [-0.1, -0.05) is 54.6 Å². The fourth-order valence-corrected chi connectivity index (χ4v) is 4.37. The minimum absolute atomic E-state index is 0.0117. The van der Waals surface area contributed by atoms with Crippen LogP contribution < -0.4 is 4.74 Å². The average molecular weight is 447 g/mol. The van der Waals surface area contributed by atoms with E-state index in [-0.39, 0.29) is 17.8 Å². The molecule has 3 aromatic carbocycles. The SMILES string of the molecule is CN1CCCCN(Cc2cccc(F)c2)[C@@H](Cc2ccccc2)COc2ccccc2C1=O. The van der Waals surface area contributed by atoms with E-state index in [0.29, 0.717) is 31.0 Å². The number of rotatable bonds is 4. The lowest BCUT2D eigenvalue weighted by Gasteiger charge is -2.33. The Kier molecular flexibility index (Phi) is 7.74. The molecule has 0 unspecified atom stereocenters. The van der Waals surface area contributed by atoms with Crippen LogP contribution >= 0.6 is 0 Å². The number of hydrogen-bond donors (Lipinski definition) is 0. The maximum absolute atomic E-state index is 13.9. The van der Waals surface area contributed by atoms with Crippen LogP contribution in [0.1, 0.15) is 34.3 Å². The Balaban J connectivity index is 1.64. The van der Waals surface area contributed by atoms with Crippen LogP contribution in [0.4, 0.5) is 4.39 Å². The van der Waals surface area contributed by atoms with Gasteiger partial charge in [0.05, 0.1) is 5.56 Å². The fourth-order valence-electron chi connectivity index (χ4n) is 4.37. The number of fused-ring (bicyclic) bond motifs is 1. The molecule has 1 aliphatic heterocycles. The number of carbonyl (C=O) groups excluding carboxylic acids is 1. The zero-order chi connectivity index (χ0) is 23.0. The van der Waals surface area contributed by atoms with Crippen molar-refractivity contribution < 1.29 is 13.9 Å². The molecule has 0 saturated carbocycles. The first-order valence-corrected chi connectivity index (χ1v) is 11.6. The molecule has 0 aliphatic carbocycles. The topological polar surface area (TPSA) is 32.8 Å². The summed E-state index contributed by atoms with van der Waals surface area (Å²) in [6.07, 6.45) is 2.66. The summed E-state index contributed by atoms with van der Waals surface area (Å²) in [5, 5.41) is 0. The van der Waals surface area contributed by atoms with Gasteiger partial charge >= 0.3 is 0 Å². The maximum Gasteiger partial charge on any atom is 0.257 e. The lowest BCUT2D eigenvalue weighted by Crippen LogP contribution is -2.42. The van der Waals surface area contributed by atoms with Gasteiger partial charge in [0.1, 0.15) is 18.2 Å². The second-order valence-corrected chi connectivity index (χ2v) is 8.68. The molecule has 0 radical (unpaired) electrons. The van der Waals surface area contributed by atoms with Crippen LogP contribution in [0.15, 0.2) is 78.9 Å². The summed E-state index contributed by atoms with van der Waals surface area (Å²) in [5.74, 6) is 0.382. The van der Waals surface area contributed by atoms with Gasteiger partial charge in [0.25, 0.3) is 5.91 Å². The lowest BCUT2D eigenvalue weighted by atomic mass is 10.0. The van der Waals surface area contributed by atoms with Gasteiger partial charge in [-0.25, -0.2) is 4.39 Å². The van der Waals surface area contributed by atoms with Gasteiger partial charge in [0.15, 0.2) is 0 Å². The highest BCUT2D eigenvalue weighted by atomic mass is 19.1. The second-order valence-electron chi connectivity index (χ2n) is 8.68. The maximum atomic E-state index is 13.9. The van der Waals surface area contributed by atoms with Crippen molar-refractivity contribution in [3.05, 3.63) is 101 Å². The summed E-state index contributed by atoms with van der Waals surface area (Å²) in [6.45, 7) is 2.62. The molecule has 3 aromatic rings.